The number of nitrogens with zero attached hydrogens (tertiary/aromatic N) is 3. The van der Waals surface area contributed by atoms with Crippen LogP contribution >= 0.6 is 0 Å². The Morgan fingerprint density at radius 1 is 0.500 bits per heavy atom. The number of carbonyl (C=O) groups excluding carboxylic acids is 3. The lowest BCUT2D eigenvalue weighted by Crippen LogP contribution is -2.30. The number of amides is 3. The maximum Gasteiger partial charge on any atom is 0.221 e. The number of nitrogens with one attached hydrogen (secondary N) is 3. The summed E-state index contributed by atoms with van der Waals surface area (Å²) in [4.78, 5) is 48.6. The van der Waals surface area contributed by atoms with Crippen molar-refractivity contribution in [3.05, 3.63) is 89.5 Å². The van der Waals surface area contributed by atoms with Crippen molar-refractivity contribution in [1.29, 1.82) is 0 Å². The minimum atomic E-state index is -0.107. The van der Waals surface area contributed by atoms with Gasteiger partial charge in [-0.15, -0.1) is 0 Å². The Labute approximate surface area is 246 Å². The highest BCUT2D eigenvalue weighted by molar-refractivity contribution is 5.91. The van der Waals surface area contributed by atoms with Gasteiger partial charge in [0.15, 0.2) is 0 Å². The van der Waals surface area contributed by atoms with Gasteiger partial charge in [0.25, 0.3) is 0 Å². The molecular formula is C33H36N6O3. The first-order valence-corrected chi connectivity index (χ1v) is 13.9. The molecule has 3 N–H and O–H groups in total. The van der Waals surface area contributed by atoms with Gasteiger partial charge in [-0.1, -0.05) is 36.4 Å². The molecule has 1 saturated carbocycles. The monoisotopic (exact) mass is 564 g/mol. The zero-order valence-electron chi connectivity index (χ0n) is 24.1. The van der Waals surface area contributed by atoms with E-state index in [1.807, 2.05) is 91.4 Å². The topological polar surface area (TPSA) is 124 Å². The molecule has 216 valence electrons. The summed E-state index contributed by atoms with van der Waals surface area (Å²) < 4.78 is 0. The zero-order valence-corrected chi connectivity index (χ0v) is 24.1. The molecule has 0 radical (unpaired) electrons. The van der Waals surface area contributed by atoms with E-state index in [0.717, 1.165) is 53.0 Å². The molecule has 9 heteroatoms. The van der Waals surface area contributed by atoms with Crippen molar-refractivity contribution >= 4 is 53.4 Å². The highest BCUT2D eigenvalue weighted by atomic mass is 16.2. The van der Waals surface area contributed by atoms with Crippen LogP contribution in [-0.2, 0) is 14.4 Å². The number of aliphatic imine (C=N–C) groups is 3. The van der Waals surface area contributed by atoms with Gasteiger partial charge in [-0.2, -0.15) is 0 Å². The van der Waals surface area contributed by atoms with Gasteiger partial charge < -0.3 is 16.0 Å². The van der Waals surface area contributed by atoms with Crippen LogP contribution in [0.5, 0.6) is 0 Å². The Kier molecular flexibility index (Phi) is 10.5. The molecule has 3 amide bonds. The molecule has 3 aromatic rings. The quantitative estimate of drug-likeness (QED) is 0.297. The van der Waals surface area contributed by atoms with Crippen LogP contribution in [0.25, 0.3) is 0 Å². The van der Waals surface area contributed by atoms with Gasteiger partial charge in [0.1, 0.15) is 0 Å². The Morgan fingerprint density at radius 2 is 0.738 bits per heavy atom. The van der Waals surface area contributed by atoms with Gasteiger partial charge in [-0.3, -0.25) is 29.4 Å². The molecule has 0 saturated heterocycles. The second kappa shape index (κ2) is 14.6. The highest BCUT2D eigenvalue weighted by Gasteiger charge is 2.27. The van der Waals surface area contributed by atoms with Crippen molar-refractivity contribution in [1.82, 2.24) is 0 Å². The third kappa shape index (κ3) is 9.92. The molecular weight excluding hydrogens is 528 g/mol. The summed E-state index contributed by atoms with van der Waals surface area (Å²) in [6, 6.07) is 22.9. The molecule has 1 aliphatic rings. The van der Waals surface area contributed by atoms with E-state index in [1.54, 1.807) is 0 Å². The van der Waals surface area contributed by atoms with Crippen molar-refractivity contribution in [2.45, 2.75) is 58.2 Å². The minimum absolute atomic E-state index is 0.0438. The number of carbonyl (C=O) groups is 3. The number of hydrogen-bond donors (Lipinski definition) is 3. The fraction of sp³-hybridized carbons (Fsp3) is 0.273. The first-order valence-electron chi connectivity index (χ1n) is 13.9. The number of hydrogen-bond acceptors (Lipinski definition) is 6. The fourth-order valence-corrected chi connectivity index (χ4v) is 4.74. The van der Waals surface area contributed by atoms with Crippen LogP contribution in [0.2, 0.25) is 0 Å². The van der Waals surface area contributed by atoms with Crippen molar-refractivity contribution in [2.24, 2.45) is 15.0 Å². The third-order valence-corrected chi connectivity index (χ3v) is 6.63. The molecule has 0 unspecified atom stereocenters. The molecule has 0 bridgehead atoms. The van der Waals surface area contributed by atoms with Crippen LogP contribution in [0, 0.1) is 0 Å². The SMILES string of the molecule is CC(=O)Nc1ccc(C=NC2CC(N=Cc3ccc(NC(C)=O)cc3)CC(N=Cc3ccc(NC(C)=O)cc3)C2)cc1. The van der Waals surface area contributed by atoms with E-state index >= 15 is 0 Å². The predicted molar refractivity (Wildman–Crippen MR) is 170 cm³/mol. The lowest BCUT2D eigenvalue weighted by molar-refractivity contribution is -0.115. The van der Waals surface area contributed by atoms with Gasteiger partial charge in [-0.25, -0.2) is 0 Å². The average molecular weight is 565 g/mol. The number of benzene rings is 3. The fourth-order valence-electron chi connectivity index (χ4n) is 4.74. The number of rotatable bonds is 9. The first kappa shape index (κ1) is 30.0. The van der Waals surface area contributed by atoms with E-state index in [4.69, 9.17) is 15.0 Å². The molecule has 0 spiro atoms. The molecule has 1 fully saturated rings. The molecule has 9 nitrogen and oxygen atoms in total. The molecule has 42 heavy (non-hydrogen) atoms. The van der Waals surface area contributed by atoms with Crippen molar-refractivity contribution in [2.75, 3.05) is 16.0 Å². The number of anilines is 3. The first-order chi connectivity index (χ1) is 20.2. The van der Waals surface area contributed by atoms with Crippen LogP contribution in [0.3, 0.4) is 0 Å². The summed E-state index contributed by atoms with van der Waals surface area (Å²) in [6.45, 7) is 4.45. The summed E-state index contributed by atoms with van der Waals surface area (Å²) in [7, 11) is 0. The normalized spacial score (nSPS) is 18.8. The Morgan fingerprint density at radius 3 is 0.952 bits per heavy atom. The van der Waals surface area contributed by atoms with Gasteiger partial charge >= 0.3 is 0 Å². The van der Waals surface area contributed by atoms with Gasteiger partial charge in [-0.05, 0) is 72.4 Å². The molecule has 4 rings (SSSR count). The molecule has 0 aromatic heterocycles. The van der Waals surface area contributed by atoms with Crippen LogP contribution in [-0.4, -0.2) is 54.5 Å². The predicted octanol–water partition coefficient (Wildman–Crippen LogP) is 5.51. The Balaban J connectivity index is 1.47. The van der Waals surface area contributed by atoms with Crippen LogP contribution in [0.1, 0.15) is 56.7 Å². The van der Waals surface area contributed by atoms with E-state index in [2.05, 4.69) is 16.0 Å². The van der Waals surface area contributed by atoms with Gasteiger partial charge in [0.2, 0.25) is 17.7 Å². The largest absolute Gasteiger partial charge is 0.326 e. The molecule has 0 aliphatic heterocycles. The maximum absolute atomic E-state index is 11.3. The summed E-state index contributed by atoms with van der Waals surface area (Å²) in [5.41, 5.74) is 5.10. The molecule has 0 heterocycles. The summed E-state index contributed by atoms with van der Waals surface area (Å²) >= 11 is 0. The van der Waals surface area contributed by atoms with Crippen LogP contribution in [0.4, 0.5) is 17.1 Å². The lowest BCUT2D eigenvalue weighted by Gasteiger charge is -2.29. The summed E-state index contributed by atoms with van der Waals surface area (Å²) in [5, 5.41) is 8.32. The van der Waals surface area contributed by atoms with E-state index in [-0.39, 0.29) is 35.8 Å². The summed E-state index contributed by atoms with van der Waals surface area (Å²) in [6.07, 6.45) is 8.03. The molecule has 1 aliphatic carbocycles. The molecule has 3 aromatic carbocycles. The smallest absolute Gasteiger partial charge is 0.221 e. The zero-order chi connectivity index (χ0) is 29.9. The minimum Gasteiger partial charge on any atom is -0.326 e. The van der Waals surface area contributed by atoms with Gasteiger partial charge in [0, 0.05) is 56.5 Å². The van der Waals surface area contributed by atoms with Gasteiger partial charge in [0.05, 0.1) is 18.1 Å². The van der Waals surface area contributed by atoms with Crippen LogP contribution in [0.15, 0.2) is 87.8 Å². The van der Waals surface area contributed by atoms with E-state index in [0.29, 0.717) is 0 Å². The second-order valence-electron chi connectivity index (χ2n) is 10.4. The van der Waals surface area contributed by atoms with E-state index in [9.17, 15) is 14.4 Å². The van der Waals surface area contributed by atoms with E-state index < -0.39 is 0 Å². The highest BCUT2D eigenvalue weighted by Crippen LogP contribution is 2.27. The molecule has 0 atom stereocenters. The van der Waals surface area contributed by atoms with E-state index in [1.165, 1.54) is 20.8 Å². The Bertz CT molecular complexity index is 1280. The third-order valence-electron chi connectivity index (χ3n) is 6.63. The van der Waals surface area contributed by atoms with Crippen LogP contribution < -0.4 is 16.0 Å². The second-order valence-corrected chi connectivity index (χ2v) is 10.4. The van der Waals surface area contributed by atoms with Crippen molar-refractivity contribution in [3.63, 3.8) is 0 Å². The maximum atomic E-state index is 11.3. The Hall–Kier alpha value is -4.92. The van der Waals surface area contributed by atoms with Crippen molar-refractivity contribution in [3.8, 4) is 0 Å². The van der Waals surface area contributed by atoms with Crippen molar-refractivity contribution < 1.29 is 14.4 Å². The average Bonchev–Trinajstić information content (AvgIpc) is 2.95. The summed E-state index contributed by atoms with van der Waals surface area (Å²) in [5.74, 6) is -0.322. The lowest BCUT2D eigenvalue weighted by atomic mass is 9.88. The standard InChI is InChI=1S/C33H36N6O3/c1-22(40)37-28-10-4-25(5-11-28)19-34-31-16-32(35-20-26-6-12-29(13-7-26)38-23(2)41)18-33(17-31)36-21-27-8-14-30(15-9-27)39-24(3)42/h4-15,19-21,31-33H,16-18H2,1-3H3,(H,37,40)(H,38,41)(H,39,42).